The number of nitrogen functional groups attached to an aromatic ring is 1. The van der Waals surface area contributed by atoms with E-state index in [-0.39, 0.29) is 11.4 Å². The summed E-state index contributed by atoms with van der Waals surface area (Å²) >= 11 is 0. The number of aromatic nitrogens is 2. The Morgan fingerprint density at radius 3 is 2.60 bits per heavy atom. The molecule has 3 N–H and O–H groups in total. The number of nitrogens with two attached hydrogens (primary N) is 1. The number of hydrogen-bond donors (Lipinski definition) is 2. The lowest BCUT2D eigenvalue weighted by molar-refractivity contribution is 0.577. The van der Waals surface area contributed by atoms with Gasteiger partial charge in [0, 0.05) is 25.1 Å². The topological polar surface area (TPSA) is 90.0 Å². The van der Waals surface area contributed by atoms with E-state index in [1.807, 2.05) is 20.9 Å². The zero-order valence-corrected chi connectivity index (χ0v) is 12.5. The van der Waals surface area contributed by atoms with Gasteiger partial charge in [0.1, 0.15) is 5.82 Å². The van der Waals surface area contributed by atoms with Crippen LogP contribution < -0.4 is 10.5 Å². The van der Waals surface area contributed by atoms with Crippen LogP contribution in [0.4, 0.5) is 5.69 Å². The van der Waals surface area contributed by atoms with Gasteiger partial charge in [-0.1, -0.05) is 0 Å². The molecule has 0 spiro atoms. The van der Waals surface area contributed by atoms with E-state index in [2.05, 4.69) is 9.71 Å². The van der Waals surface area contributed by atoms with Crippen molar-refractivity contribution in [3.63, 3.8) is 0 Å². The van der Waals surface area contributed by atoms with Crippen molar-refractivity contribution in [3.05, 3.63) is 41.5 Å². The van der Waals surface area contributed by atoms with Gasteiger partial charge in [-0.15, -0.1) is 0 Å². The minimum absolute atomic E-state index is 0.138. The smallest absolute Gasteiger partial charge is 0.241 e. The molecular weight excluding hydrogens is 276 g/mol. The summed E-state index contributed by atoms with van der Waals surface area (Å²) in [4.78, 5) is 4.25. The van der Waals surface area contributed by atoms with E-state index in [0.29, 0.717) is 11.5 Å². The third-order valence-electron chi connectivity index (χ3n) is 3.33. The molecule has 6 nitrogen and oxygen atoms in total. The molecule has 2 rings (SSSR count). The first-order chi connectivity index (χ1) is 9.31. The Kier molecular flexibility index (Phi) is 3.82. The molecule has 0 saturated carbocycles. The molecule has 0 amide bonds. The van der Waals surface area contributed by atoms with Crippen molar-refractivity contribution < 1.29 is 8.42 Å². The standard InChI is InChI=1S/C13H18N4O2S/c1-9-6-11(7-12(14)10(9)2)20(18,19)16-8-13-15-4-5-17(13)3/h4-7,16H,8,14H2,1-3H3. The fourth-order valence-electron chi connectivity index (χ4n) is 1.82. The summed E-state index contributed by atoms with van der Waals surface area (Å²) < 4.78 is 28.8. The van der Waals surface area contributed by atoms with E-state index in [4.69, 9.17) is 5.73 Å². The first-order valence-corrected chi connectivity index (χ1v) is 7.62. The summed E-state index contributed by atoms with van der Waals surface area (Å²) in [5.41, 5.74) is 8.04. The van der Waals surface area contributed by atoms with Gasteiger partial charge >= 0.3 is 0 Å². The van der Waals surface area contributed by atoms with Crippen molar-refractivity contribution >= 4 is 15.7 Å². The SMILES string of the molecule is Cc1cc(S(=O)(=O)NCc2nccn2C)cc(N)c1C. The Morgan fingerprint density at radius 2 is 2.05 bits per heavy atom. The van der Waals surface area contributed by atoms with Crippen molar-refractivity contribution in [2.24, 2.45) is 7.05 Å². The van der Waals surface area contributed by atoms with Crippen molar-refractivity contribution in [2.45, 2.75) is 25.3 Å². The summed E-state index contributed by atoms with van der Waals surface area (Å²) in [6.07, 6.45) is 3.38. The molecule has 0 saturated heterocycles. The van der Waals surface area contributed by atoms with Crippen LogP contribution in [-0.4, -0.2) is 18.0 Å². The normalized spacial score (nSPS) is 11.8. The second-order valence-corrected chi connectivity index (χ2v) is 6.50. The minimum Gasteiger partial charge on any atom is -0.398 e. The highest BCUT2D eigenvalue weighted by Crippen LogP contribution is 2.21. The highest BCUT2D eigenvalue weighted by Gasteiger charge is 2.16. The fourth-order valence-corrected chi connectivity index (χ4v) is 2.92. The highest BCUT2D eigenvalue weighted by molar-refractivity contribution is 7.89. The Bertz CT molecular complexity index is 712. The number of nitrogens with zero attached hydrogens (tertiary/aromatic N) is 2. The molecule has 0 radical (unpaired) electrons. The second-order valence-electron chi connectivity index (χ2n) is 4.73. The molecule has 0 aliphatic heterocycles. The van der Waals surface area contributed by atoms with E-state index in [1.165, 1.54) is 6.07 Å². The maximum atomic E-state index is 12.3. The van der Waals surface area contributed by atoms with E-state index in [9.17, 15) is 8.42 Å². The van der Waals surface area contributed by atoms with E-state index >= 15 is 0 Å². The number of nitrogens with one attached hydrogen (secondary N) is 1. The molecule has 0 atom stereocenters. The lowest BCUT2D eigenvalue weighted by atomic mass is 10.1. The van der Waals surface area contributed by atoms with Gasteiger partial charge in [0.2, 0.25) is 10.0 Å². The zero-order valence-electron chi connectivity index (χ0n) is 11.7. The third kappa shape index (κ3) is 2.83. The third-order valence-corrected chi connectivity index (χ3v) is 4.71. The van der Waals surface area contributed by atoms with Gasteiger partial charge in [0.05, 0.1) is 11.4 Å². The van der Waals surface area contributed by atoms with E-state index < -0.39 is 10.0 Å². The molecule has 0 aliphatic rings. The molecule has 7 heteroatoms. The van der Waals surface area contributed by atoms with Crippen LogP contribution in [0.1, 0.15) is 17.0 Å². The molecule has 108 valence electrons. The number of aryl methyl sites for hydroxylation is 2. The monoisotopic (exact) mass is 294 g/mol. The number of benzene rings is 1. The Morgan fingerprint density at radius 1 is 1.35 bits per heavy atom. The van der Waals surface area contributed by atoms with Crippen molar-refractivity contribution in [2.75, 3.05) is 5.73 Å². The average Bonchev–Trinajstić information content (AvgIpc) is 2.78. The molecule has 20 heavy (non-hydrogen) atoms. The predicted molar refractivity (Wildman–Crippen MR) is 77.6 cm³/mol. The zero-order chi connectivity index (χ0) is 14.9. The largest absolute Gasteiger partial charge is 0.398 e. The number of hydrogen-bond acceptors (Lipinski definition) is 4. The summed E-state index contributed by atoms with van der Waals surface area (Å²) in [7, 11) is -1.79. The van der Waals surface area contributed by atoms with Gasteiger partial charge < -0.3 is 10.3 Å². The van der Waals surface area contributed by atoms with Gasteiger partial charge in [-0.2, -0.15) is 0 Å². The Balaban J connectivity index is 2.25. The van der Waals surface area contributed by atoms with Crippen LogP contribution in [0.3, 0.4) is 0 Å². The Labute approximate surface area is 118 Å². The van der Waals surface area contributed by atoms with E-state index in [0.717, 1.165) is 11.1 Å². The maximum absolute atomic E-state index is 12.3. The van der Waals surface area contributed by atoms with Crippen LogP contribution in [0.2, 0.25) is 0 Å². The number of imidazole rings is 1. The van der Waals surface area contributed by atoms with Crippen LogP contribution in [0.5, 0.6) is 0 Å². The van der Waals surface area contributed by atoms with Gasteiger partial charge in [-0.25, -0.2) is 18.1 Å². The van der Waals surface area contributed by atoms with Gasteiger partial charge in [0.25, 0.3) is 0 Å². The van der Waals surface area contributed by atoms with Crippen LogP contribution in [0.25, 0.3) is 0 Å². The first kappa shape index (κ1) is 14.5. The van der Waals surface area contributed by atoms with Crippen molar-refractivity contribution in [1.82, 2.24) is 14.3 Å². The lowest BCUT2D eigenvalue weighted by Crippen LogP contribution is -2.25. The molecule has 0 fully saturated rings. The summed E-state index contributed by atoms with van der Waals surface area (Å²) in [6.45, 7) is 3.84. The maximum Gasteiger partial charge on any atom is 0.241 e. The van der Waals surface area contributed by atoms with Crippen molar-refractivity contribution in [3.8, 4) is 0 Å². The predicted octanol–water partition coefficient (Wildman–Crippen LogP) is 1.10. The molecular formula is C13H18N4O2S. The highest BCUT2D eigenvalue weighted by atomic mass is 32.2. The quantitative estimate of drug-likeness (QED) is 0.826. The van der Waals surface area contributed by atoms with Crippen LogP contribution in [0, 0.1) is 13.8 Å². The van der Waals surface area contributed by atoms with Gasteiger partial charge in [-0.05, 0) is 37.1 Å². The molecule has 1 heterocycles. The molecule has 2 aromatic rings. The molecule has 0 bridgehead atoms. The van der Waals surface area contributed by atoms with E-state index in [1.54, 1.807) is 23.0 Å². The first-order valence-electron chi connectivity index (χ1n) is 6.14. The summed E-state index contributed by atoms with van der Waals surface area (Å²) in [5, 5.41) is 0. The lowest BCUT2D eigenvalue weighted by Gasteiger charge is -2.11. The number of rotatable bonds is 4. The van der Waals surface area contributed by atoms with Crippen LogP contribution in [0.15, 0.2) is 29.4 Å². The van der Waals surface area contributed by atoms with Crippen LogP contribution in [-0.2, 0) is 23.6 Å². The van der Waals surface area contributed by atoms with Crippen molar-refractivity contribution in [1.29, 1.82) is 0 Å². The van der Waals surface area contributed by atoms with Gasteiger partial charge in [0.15, 0.2) is 0 Å². The minimum atomic E-state index is -3.60. The fraction of sp³-hybridized carbons (Fsp3) is 0.308. The summed E-state index contributed by atoms with van der Waals surface area (Å²) in [5.74, 6) is 0.644. The molecule has 0 unspecified atom stereocenters. The second kappa shape index (κ2) is 5.26. The number of sulfonamides is 1. The molecule has 1 aromatic heterocycles. The average molecular weight is 294 g/mol. The number of anilines is 1. The Hall–Kier alpha value is -1.86. The van der Waals surface area contributed by atoms with Crippen LogP contribution >= 0.6 is 0 Å². The molecule has 0 aliphatic carbocycles. The molecule has 1 aromatic carbocycles. The summed E-state index contributed by atoms with van der Waals surface area (Å²) in [6, 6.07) is 3.09. The van der Waals surface area contributed by atoms with Gasteiger partial charge in [-0.3, -0.25) is 0 Å².